The molecule has 0 bridgehead atoms. The van der Waals surface area contributed by atoms with Gasteiger partial charge in [0.25, 0.3) is 11.8 Å². The van der Waals surface area contributed by atoms with Crippen LogP contribution >= 0.6 is 0 Å². The molecule has 3 aromatic rings. The zero-order valence-electron chi connectivity index (χ0n) is 19.3. The highest BCUT2D eigenvalue weighted by Gasteiger charge is 2.26. The van der Waals surface area contributed by atoms with E-state index in [1.165, 1.54) is 24.3 Å². The molecule has 0 radical (unpaired) electrons. The first kappa shape index (κ1) is 22.8. The van der Waals surface area contributed by atoms with E-state index >= 15 is 0 Å². The molecule has 0 spiro atoms. The summed E-state index contributed by atoms with van der Waals surface area (Å²) in [6.45, 7) is 1.94. The van der Waals surface area contributed by atoms with E-state index < -0.39 is 5.82 Å². The number of carbonyl (C=O) groups is 3. The van der Waals surface area contributed by atoms with Gasteiger partial charge < -0.3 is 15.1 Å². The van der Waals surface area contributed by atoms with Crippen molar-refractivity contribution in [3.05, 3.63) is 94.8 Å². The number of rotatable bonds is 5. The molecule has 2 aliphatic heterocycles. The fraction of sp³-hybridized carbons (Fsp3) is 0.250. The van der Waals surface area contributed by atoms with Gasteiger partial charge in [0.15, 0.2) is 0 Å². The van der Waals surface area contributed by atoms with Gasteiger partial charge in [0.2, 0.25) is 5.91 Å². The normalized spacial score (nSPS) is 15.2. The Balaban J connectivity index is 1.33. The molecule has 2 heterocycles. The zero-order valence-corrected chi connectivity index (χ0v) is 19.3. The van der Waals surface area contributed by atoms with Crippen LogP contribution in [0, 0.1) is 5.82 Å². The number of hydrogen-bond donors (Lipinski definition) is 1. The number of benzene rings is 3. The summed E-state index contributed by atoms with van der Waals surface area (Å²) >= 11 is 0. The van der Waals surface area contributed by atoms with Crippen LogP contribution in [0.3, 0.4) is 0 Å². The molecule has 3 aromatic carbocycles. The Kier molecular flexibility index (Phi) is 6.31. The summed E-state index contributed by atoms with van der Waals surface area (Å²) in [4.78, 5) is 41.6. The minimum absolute atomic E-state index is 0.100. The zero-order chi connectivity index (χ0) is 24.4. The molecule has 0 aliphatic carbocycles. The molecule has 1 N–H and O–H groups in total. The molecule has 1 saturated heterocycles. The maximum atomic E-state index is 13.4. The van der Waals surface area contributed by atoms with Crippen molar-refractivity contribution >= 4 is 29.1 Å². The third kappa shape index (κ3) is 4.80. The van der Waals surface area contributed by atoms with Crippen molar-refractivity contribution in [3.63, 3.8) is 0 Å². The third-order valence-electron chi connectivity index (χ3n) is 6.60. The Hall–Kier alpha value is -4.00. The van der Waals surface area contributed by atoms with Crippen LogP contribution in [-0.2, 0) is 17.8 Å². The van der Waals surface area contributed by atoms with E-state index in [4.69, 9.17) is 0 Å². The number of hydrogen-bond acceptors (Lipinski definition) is 3. The van der Waals surface area contributed by atoms with Crippen LogP contribution in [0.2, 0.25) is 0 Å². The summed E-state index contributed by atoms with van der Waals surface area (Å²) in [7, 11) is 0. The van der Waals surface area contributed by atoms with Crippen molar-refractivity contribution in [3.8, 4) is 0 Å². The summed E-state index contributed by atoms with van der Waals surface area (Å²) in [5.41, 5.74) is 4.29. The van der Waals surface area contributed by atoms with E-state index in [9.17, 15) is 18.8 Å². The minimum atomic E-state index is -0.398. The fourth-order valence-corrected chi connectivity index (χ4v) is 4.75. The lowest BCUT2D eigenvalue weighted by molar-refractivity contribution is -0.128. The SMILES string of the molecule is O=C(Nc1cccc2c1CCCN2C(=O)c1ccc(CN2CCCC2=O)cc1)c1ccc(F)cc1. The number of likely N-dealkylation sites (tertiary alicyclic amines) is 1. The maximum Gasteiger partial charge on any atom is 0.258 e. The van der Waals surface area contributed by atoms with Crippen molar-refractivity contribution in [2.24, 2.45) is 0 Å². The topological polar surface area (TPSA) is 69.7 Å². The molecule has 0 atom stereocenters. The summed E-state index contributed by atoms with van der Waals surface area (Å²) < 4.78 is 13.2. The number of amides is 3. The largest absolute Gasteiger partial charge is 0.338 e. The summed E-state index contributed by atoms with van der Waals surface area (Å²) in [5.74, 6) is -0.645. The molecule has 5 rings (SSSR count). The first-order valence-corrected chi connectivity index (χ1v) is 11.9. The van der Waals surface area contributed by atoms with Crippen LogP contribution in [-0.4, -0.2) is 35.7 Å². The van der Waals surface area contributed by atoms with Gasteiger partial charge >= 0.3 is 0 Å². The summed E-state index contributed by atoms with van der Waals surface area (Å²) in [6, 6.07) is 18.4. The molecule has 3 amide bonds. The average Bonchev–Trinajstić information content (AvgIpc) is 3.28. The predicted molar refractivity (Wildman–Crippen MR) is 132 cm³/mol. The third-order valence-corrected chi connectivity index (χ3v) is 6.60. The molecule has 6 nitrogen and oxygen atoms in total. The molecule has 0 unspecified atom stereocenters. The molecule has 178 valence electrons. The van der Waals surface area contributed by atoms with Gasteiger partial charge in [-0.15, -0.1) is 0 Å². The van der Waals surface area contributed by atoms with Crippen molar-refractivity contribution in [1.82, 2.24) is 4.90 Å². The molecule has 7 heteroatoms. The quantitative estimate of drug-likeness (QED) is 0.582. The lowest BCUT2D eigenvalue weighted by Crippen LogP contribution is -2.36. The van der Waals surface area contributed by atoms with Crippen LogP contribution in [0.1, 0.15) is 51.1 Å². The smallest absolute Gasteiger partial charge is 0.258 e. The predicted octanol–water partition coefficient (Wildman–Crippen LogP) is 4.79. The lowest BCUT2D eigenvalue weighted by atomic mass is 9.98. The number of anilines is 2. The van der Waals surface area contributed by atoms with Crippen molar-refractivity contribution in [2.45, 2.75) is 32.2 Å². The molecule has 0 aromatic heterocycles. The van der Waals surface area contributed by atoms with E-state index in [-0.39, 0.29) is 17.7 Å². The molecular weight excluding hydrogens is 445 g/mol. The standard InChI is InChI=1S/C28H26FN3O3/c29-22-14-12-20(13-15-22)27(34)30-24-5-1-6-25-23(24)4-2-17-32(25)28(35)21-10-8-19(9-11-21)18-31-16-3-7-26(31)33/h1,5-6,8-15H,2-4,7,16-18H2,(H,30,34). The highest BCUT2D eigenvalue weighted by atomic mass is 19.1. The monoisotopic (exact) mass is 471 g/mol. The fourth-order valence-electron chi connectivity index (χ4n) is 4.75. The number of nitrogens with one attached hydrogen (secondary N) is 1. The van der Waals surface area contributed by atoms with Gasteiger partial charge in [-0.3, -0.25) is 14.4 Å². The summed E-state index contributed by atoms with van der Waals surface area (Å²) in [5, 5.41) is 2.92. The number of nitrogens with zero attached hydrogens (tertiary/aromatic N) is 2. The number of halogens is 1. The van der Waals surface area contributed by atoms with Crippen LogP contribution in [0.15, 0.2) is 66.7 Å². The summed E-state index contributed by atoms with van der Waals surface area (Å²) in [6.07, 6.45) is 3.02. The number of fused-ring (bicyclic) bond motifs is 1. The van der Waals surface area contributed by atoms with Crippen LogP contribution in [0.5, 0.6) is 0 Å². The Morgan fingerprint density at radius 1 is 0.857 bits per heavy atom. The van der Waals surface area contributed by atoms with Crippen molar-refractivity contribution in [1.29, 1.82) is 0 Å². The maximum absolute atomic E-state index is 13.4. The van der Waals surface area contributed by atoms with Gasteiger partial charge in [0.1, 0.15) is 5.82 Å². The van der Waals surface area contributed by atoms with Gasteiger partial charge in [-0.1, -0.05) is 18.2 Å². The molecule has 2 aliphatic rings. The van der Waals surface area contributed by atoms with Crippen molar-refractivity contribution < 1.29 is 18.8 Å². The van der Waals surface area contributed by atoms with E-state index in [0.717, 1.165) is 42.6 Å². The highest BCUT2D eigenvalue weighted by molar-refractivity contribution is 6.08. The van der Waals surface area contributed by atoms with Crippen LogP contribution in [0.4, 0.5) is 15.8 Å². The Morgan fingerprint density at radius 3 is 2.29 bits per heavy atom. The van der Waals surface area contributed by atoms with Gasteiger partial charge in [-0.2, -0.15) is 0 Å². The van der Waals surface area contributed by atoms with Crippen LogP contribution < -0.4 is 10.2 Å². The van der Waals surface area contributed by atoms with Gasteiger partial charge in [0, 0.05) is 48.6 Å². The Labute approximate surface area is 203 Å². The second-order valence-corrected chi connectivity index (χ2v) is 8.94. The Morgan fingerprint density at radius 2 is 1.57 bits per heavy atom. The second-order valence-electron chi connectivity index (χ2n) is 8.94. The Bertz CT molecular complexity index is 1270. The van der Waals surface area contributed by atoms with Gasteiger partial charge in [-0.25, -0.2) is 4.39 Å². The number of carbonyl (C=O) groups excluding carboxylic acids is 3. The van der Waals surface area contributed by atoms with Crippen LogP contribution in [0.25, 0.3) is 0 Å². The first-order valence-electron chi connectivity index (χ1n) is 11.9. The van der Waals surface area contributed by atoms with E-state index in [2.05, 4.69) is 5.32 Å². The molecule has 1 fully saturated rings. The molecule has 35 heavy (non-hydrogen) atoms. The average molecular weight is 472 g/mol. The molecular formula is C28H26FN3O3. The highest BCUT2D eigenvalue weighted by Crippen LogP contribution is 2.34. The van der Waals surface area contributed by atoms with E-state index in [1.807, 2.05) is 47.4 Å². The lowest BCUT2D eigenvalue weighted by Gasteiger charge is -2.31. The van der Waals surface area contributed by atoms with Gasteiger partial charge in [0.05, 0.1) is 0 Å². The van der Waals surface area contributed by atoms with Crippen molar-refractivity contribution in [2.75, 3.05) is 23.3 Å². The van der Waals surface area contributed by atoms with Gasteiger partial charge in [-0.05, 0) is 78.9 Å². The first-order chi connectivity index (χ1) is 17.0. The van der Waals surface area contributed by atoms with E-state index in [1.54, 1.807) is 4.90 Å². The van der Waals surface area contributed by atoms with E-state index in [0.29, 0.717) is 36.3 Å². The molecule has 0 saturated carbocycles. The second kappa shape index (κ2) is 9.70. The minimum Gasteiger partial charge on any atom is -0.338 e.